The molecule has 0 aliphatic heterocycles. The maximum atomic E-state index is 12.2. The van der Waals surface area contributed by atoms with Crippen molar-refractivity contribution in [3.8, 4) is 5.75 Å². The highest BCUT2D eigenvalue weighted by Crippen LogP contribution is 2.21. The summed E-state index contributed by atoms with van der Waals surface area (Å²) in [7, 11) is 3.54. The number of ether oxygens (including phenoxy) is 1. The van der Waals surface area contributed by atoms with Crippen LogP contribution in [-0.2, 0) is 11.2 Å². The number of carbonyl (C=O) groups is 1. The number of methoxy groups -OCH3 is 1. The van der Waals surface area contributed by atoms with Gasteiger partial charge in [0.2, 0.25) is 5.91 Å². The summed E-state index contributed by atoms with van der Waals surface area (Å²) in [6, 6.07) is 8.07. The zero-order chi connectivity index (χ0) is 15.8. The van der Waals surface area contributed by atoms with Crippen LogP contribution in [0.2, 0.25) is 0 Å². The van der Waals surface area contributed by atoms with Crippen LogP contribution < -0.4 is 15.4 Å². The molecule has 0 heterocycles. The van der Waals surface area contributed by atoms with E-state index in [1.807, 2.05) is 32.2 Å². The van der Waals surface area contributed by atoms with E-state index in [1.165, 1.54) is 0 Å². The van der Waals surface area contributed by atoms with Crippen LogP contribution in [-0.4, -0.2) is 32.7 Å². The Kier molecular flexibility index (Phi) is 9.86. The monoisotopic (exact) mass is 328 g/mol. The van der Waals surface area contributed by atoms with Gasteiger partial charge in [-0.3, -0.25) is 4.79 Å². The molecule has 0 aliphatic rings. The van der Waals surface area contributed by atoms with Crippen molar-refractivity contribution < 1.29 is 9.53 Å². The third-order valence-electron chi connectivity index (χ3n) is 3.72. The van der Waals surface area contributed by atoms with Crippen LogP contribution in [0.25, 0.3) is 0 Å². The Morgan fingerprint density at radius 1 is 1.23 bits per heavy atom. The van der Waals surface area contributed by atoms with Crippen LogP contribution in [0.15, 0.2) is 24.3 Å². The standard InChI is InChI=1S/C17H28N2O2.ClH/c1-12(2)15(19-17(20)13(3)11-18-4)10-14-8-6-7-9-16(14)21-5;/h6-9,12-13,15,18H,10-11H2,1-5H3,(H,19,20);1H. The van der Waals surface area contributed by atoms with Gasteiger partial charge in [-0.1, -0.05) is 39.0 Å². The van der Waals surface area contributed by atoms with Gasteiger partial charge < -0.3 is 15.4 Å². The molecule has 0 aromatic heterocycles. The summed E-state index contributed by atoms with van der Waals surface area (Å²) < 4.78 is 5.39. The smallest absolute Gasteiger partial charge is 0.224 e. The average Bonchev–Trinajstić information content (AvgIpc) is 2.47. The number of rotatable bonds is 8. The van der Waals surface area contributed by atoms with Gasteiger partial charge in [0.1, 0.15) is 5.75 Å². The minimum Gasteiger partial charge on any atom is -0.496 e. The van der Waals surface area contributed by atoms with Gasteiger partial charge in [0.15, 0.2) is 0 Å². The Bertz CT molecular complexity index is 452. The first-order valence-corrected chi connectivity index (χ1v) is 7.56. The van der Waals surface area contributed by atoms with Crippen LogP contribution in [0.4, 0.5) is 0 Å². The molecule has 0 saturated carbocycles. The van der Waals surface area contributed by atoms with Gasteiger partial charge in [-0.05, 0) is 31.0 Å². The third-order valence-corrected chi connectivity index (χ3v) is 3.72. The Hall–Kier alpha value is -1.26. The molecule has 1 aromatic rings. The quantitative estimate of drug-likeness (QED) is 0.771. The number of amides is 1. The molecule has 1 aromatic carbocycles. The van der Waals surface area contributed by atoms with E-state index >= 15 is 0 Å². The summed E-state index contributed by atoms with van der Waals surface area (Å²) in [4.78, 5) is 12.2. The fraction of sp³-hybridized carbons (Fsp3) is 0.588. The van der Waals surface area contributed by atoms with Crippen molar-refractivity contribution in [3.05, 3.63) is 29.8 Å². The van der Waals surface area contributed by atoms with E-state index in [4.69, 9.17) is 4.74 Å². The van der Waals surface area contributed by atoms with Crippen LogP contribution in [0.3, 0.4) is 0 Å². The topological polar surface area (TPSA) is 50.4 Å². The fourth-order valence-electron chi connectivity index (χ4n) is 2.29. The van der Waals surface area contributed by atoms with Crippen molar-refractivity contribution >= 4 is 18.3 Å². The summed E-state index contributed by atoms with van der Waals surface area (Å²) >= 11 is 0. The molecule has 1 amide bonds. The highest BCUT2D eigenvalue weighted by atomic mass is 35.5. The highest BCUT2D eigenvalue weighted by molar-refractivity contribution is 5.85. The lowest BCUT2D eigenvalue weighted by molar-refractivity contribution is -0.125. The molecule has 0 saturated heterocycles. The molecule has 0 bridgehead atoms. The van der Waals surface area contributed by atoms with E-state index in [0.717, 1.165) is 17.7 Å². The number of para-hydroxylation sites is 1. The molecule has 0 fully saturated rings. The molecule has 2 atom stereocenters. The second kappa shape index (κ2) is 10.5. The summed E-state index contributed by atoms with van der Waals surface area (Å²) in [6.07, 6.45) is 0.777. The van der Waals surface area contributed by atoms with Crippen molar-refractivity contribution in [2.24, 2.45) is 11.8 Å². The van der Waals surface area contributed by atoms with Crippen molar-refractivity contribution in [1.29, 1.82) is 0 Å². The Morgan fingerprint density at radius 2 is 1.86 bits per heavy atom. The van der Waals surface area contributed by atoms with E-state index in [9.17, 15) is 4.79 Å². The first-order chi connectivity index (χ1) is 9.99. The predicted octanol–water partition coefficient (Wildman–Crippen LogP) is 2.66. The van der Waals surface area contributed by atoms with Crippen molar-refractivity contribution in [1.82, 2.24) is 10.6 Å². The van der Waals surface area contributed by atoms with E-state index < -0.39 is 0 Å². The Balaban J connectivity index is 0.00000441. The lowest BCUT2D eigenvalue weighted by Crippen LogP contribution is -2.44. The molecule has 0 aliphatic carbocycles. The number of carbonyl (C=O) groups excluding carboxylic acids is 1. The summed E-state index contributed by atoms with van der Waals surface area (Å²) in [5, 5.41) is 6.20. The van der Waals surface area contributed by atoms with Crippen LogP contribution in [0.1, 0.15) is 26.3 Å². The first-order valence-electron chi connectivity index (χ1n) is 7.56. The zero-order valence-corrected chi connectivity index (χ0v) is 15.0. The maximum absolute atomic E-state index is 12.2. The molecule has 126 valence electrons. The zero-order valence-electron chi connectivity index (χ0n) is 14.2. The van der Waals surface area contributed by atoms with Gasteiger partial charge >= 0.3 is 0 Å². The average molecular weight is 329 g/mol. The summed E-state index contributed by atoms with van der Waals surface area (Å²) in [6.45, 7) is 6.88. The number of hydrogen-bond acceptors (Lipinski definition) is 3. The fourth-order valence-corrected chi connectivity index (χ4v) is 2.29. The molecule has 1 rings (SSSR count). The minimum atomic E-state index is -0.0334. The van der Waals surface area contributed by atoms with E-state index in [-0.39, 0.29) is 30.3 Å². The predicted molar refractivity (Wildman–Crippen MR) is 93.8 cm³/mol. The van der Waals surface area contributed by atoms with Crippen LogP contribution >= 0.6 is 12.4 Å². The van der Waals surface area contributed by atoms with Gasteiger partial charge in [0.25, 0.3) is 0 Å². The summed E-state index contributed by atoms with van der Waals surface area (Å²) in [5.41, 5.74) is 1.13. The number of benzene rings is 1. The number of halogens is 1. The van der Waals surface area contributed by atoms with E-state index in [0.29, 0.717) is 12.5 Å². The van der Waals surface area contributed by atoms with E-state index in [1.54, 1.807) is 7.11 Å². The first kappa shape index (κ1) is 20.7. The second-order valence-electron chi connectivity index (χ2n) is 5.83. The number of hydrogen-bond donors (Lipinski definition) is 2. The molecule has 5 heteroatoms. The molecule has 0 radical (unpaired) electrons. The largest absolute Gasteiger partial charge is 0.496 e. The molecule has 2 unspecified atom stereocenters. The normalized spacial score (nSPS) is 13.2. The van der Waals surface area contributed by atoms with Gasteiger partial charge in [-0.15, -0.1) is 12.4 Å². The van der Waals surface area contributed by atoms with Gasteiger partial charge in [-0.2, -0.15) is 0 Å². The van der Waals surface area contributed by atoms with Crippen molar-refractivity contribution in [2.45, 2.75) is 33.2 Å². The molecular weight excluding hydrogens is 300 g/mol. The van der Waals surface area contributed by atoms with Crippen LogP contribution in [0.5, 0.6) is 5.75 Å². The Labute approximate surface area is 140 Å². The van der Waals surface area contributed by atoms with Crippen molar-refractivity contribution in [3.63, 3.8) is 0 Å². The summed E-state index contributed by atoms with van der Waals surface area (Å²) in [5.74, 6) is 1.30. The lowest BCUT2D eigenvalue weighted by Gasteiger charge is -2.25. The van der Waals surface area contributed by atoms with E-state index in [2.05, 4.69) is 30.5 Å². The second-order valence-corrected chi connectivity index (χ2v) is 5.83. The van der Waals surface area contributed by atoms with Gasteiger partial charge in [0.05, 0.1) is 7.11 Å². The number of nitrogens with one attached hydrogen (secondary N) is 2. The molecule has 4 nitrogen and oxygen atoms in total. The third kappa shape index (κ3) is 6.24. The molecule has 0 spiro atoms. The van der Waals surface area contributed by atoms with Crippen LogP contribution in [0, 0.1) is 11.8 Å². The SMILES string of the molecule is CNCC(C)C(=O)NC(Cc1ccccc1OC)C(C)C.Cl. The molecular formula is C17H29ClN2O2. The Morgan fingerprint density at radius 3 is 2.41 bits per heavy atom. The molecule has 2 N–H and O–H groups in total. The van der Waals surface area contributed by atoms with Crippen molar-refractivity contribution in [2.75, 3.05) is 20.7 Å². The van der Waals surface area contributed by atoms with Gasteiger partial charge in [0, 0.05) is 18.5 Å². The van der Waals surface area contributed by atoms with Gasteiger partial charge in [-0.25, -0.2) is 0 Å². The minimum absolute atomic E-state index is 0. The lowest BCUT2D eigenvalue weighted by atomic mass is 9.95. The maximum Gasteiger partial charge on any atom is 0.224 e. The molecule has 22 heavy (non-hydrogen) atoms. The highest BCUT2D eigenvalue weighted by Gasteiger charge is 2.21.